The van der Waals surface area contributed by atoms with Gasteiger partial charge < -0.3 is 10.2 Å². The molecular weight excluding hydrogens is 434 g/mol. The highest BCUT2D eigenvalue weighted by atomic mass is 32.2. The summed E-state index contributed by atoms with van der Waals surface area (Å²) in [5.74, 6) is 0.310. The molecule has 1 saturated carbocycles. The number of nitrogens with zero attached hydrogens (tertiary/aromatic N) is 1. The van der Waals surface area contributed by atoms with E-state index in [-0.39, 0.29) is 16.8 Å². The molecule has 1 saturated heterocycles. The molecule has 0 aromatic heterocycles. The van der Waals surface area contributed by atoms with Gasteiger partial charge in [0.05, 0.1) is 16.3 Å². The lowest BCUT2D eigenvalue weighted by Gasteiger charge is -2.31. The molecule has 1 aliphatic carbocycles. The van der Waals surface area contributed by atoms with E-state index < -0.39 is 10.0 Å². The van der Waals surface area contributed by atoms with E-state index in [9.17, 15) is 13.2 Å². The Bertz CT molecular complexity index is 1080. The molecular formula is C26H35N3O3S. The maximum absolute atomic E-state index is 13.2. The topological polar surface area (TPSA) is 78.5 Å². The number of piperidine rings is 1. The predicted molar refractivity (Wildman–Crippen MR) is 133 cm³/mol. The Labute approximate surface area is 197 Å². The standard InChI is InChI=1S/C26H35N3O3S/c1-19-10-13-22(14-11-19)33(31,32)28-24-18-21(12-15-25(24)29-16-6-3-7-17-29)26(30)27-23-9-5-4-8-20(23)2/h10-15,18,20,23,28H,3-9,16-17H2,1-2H3,(H,27,30)/t20-,23-/m1/s1. The number of rotatable bonds is 6. The van der Waals surface area contributed by atoms with Gasteiger partial charge in [-0.1, -0.05) is 37.5 Å². The van der Waals surface area contributed by atoms with Crippen molar-refractivity contribution in [3.63, 3.8) is 0 Å². The third-order valence-corrected chi connectivity index (χ3v) is 8.34. The first-order valence-electron chi connectivity index (χ1n) is 12.1. The number of anilines is 2. The molecule has 1 aliphatic heterocycles. The predicted octanol–water partition coefficient (Wildman–Crippen LogP) is 5.09. The summed E-state index contributed by atoms with van der Waals surface area (Å²) >= 11 is 0. The largest absolute Gasteiger partial charge is 0.370 e. The van der Waals surface area contributed by atoms with Crippen LogP contribution in [0.15, 0.2) is 47.4 Å². The summed E-state index contributed by atoms with van der Waals surface area (Å²) < 4.78 is 29.1. The molecule has 0 bridgehead atoms. The van der Waals surface area contributed by atoms with Crippen LogP contribution in [0.1, 0.15) is 67.8 Å². The highest BCUT2D eigenvalue weighted by molar-refractivity contribution is 7.92. The second kappa shape index (κ2) is 10.2. The number of nitrogens with one attached hydrogen (secondary N) is 2. The Morgan fingerprint density at radius 1 is 0.939 bits per heavy atom. The summed E-state index contributed by atoms with van der Waals surface area (Å²) in [6, 6.07) is 12.4. The molecule has 4 rings (SSSR count). The van der Waals surface area contributed by atoms with Gasteiger partial charge in [-0.05, 0) is 75.3 Å². The summed E-state index contributed by atoms with van der Waals surface area (Å²) in [5.41, 5.74) is 2.77. The van der Waals surface area contributed by atoms with Gasteiger partial charge in [0.25, 0.3) is 15.9 Å². The van der Waals surface area contributed by atoms with Crippen LogP contribution in [0.4, 0.5) is 11.4 Å². The zero-order valence-electron chi connectivity index (χ0n) is 19.6. The number of carbonyl (C=O) groups excluding carboxylic acids is 1. The van der Waals surface area contributed by atoms with Gasteiger partial charge >= 0.3 is 0 Å². The molecule has 1 heterocycles. The Hall–Kier alpha value is -2.54. The lowest BCUT2D eigenvalue weighted by molar-refractivity contribution is 0.0910. The molecule has 178 valence electrons. The maximum atomic E-state index is 13.2. The van der Waals surface area contributed by atoms with E-state index in [1.165, 1.54) is 12.8 Å². The third kappa shape index (κ3) is 5.69. The Balaban J connectivity index is 1.63. The average molecular weight is 470 g/mol. The van der Waals surface area contributed by atoms with Crippen LogP contribution in [0, 0.1) is 12.8 Å². The SMILES string of the molecule is Cc1ccc(S(=O)(=O)Nc2cc(C(=O)N[C@@H]3CCCC[C@H]3C)ccc2N2CCCCC2)cc1. The highest BCUT2D eigenvalue weighted by Gasteiger charge is 2.25. The fraction of sp³-hybridized carbons (Fsp3) is 0.500. The molecule has 0 spiro atoms. The normalized spacial score (nSPS) is 21.5. The van der Waals surface area contributed by atoms with Crippen molar-refractivity contribution < 1.29 is 13.2 Å². The van der Waals surface area contributed by atoms with Crippen molar-refractivity contribution in [3.8, 4) is 0 Å². The molecule has 7 heteroatoms. The summed E-state index contributed by atoms with van der Waals surface area (Å²) in [7, 11) is -3.78. The van der Waals surface area contributed by atoms with Gasteiger partial charge in [-0.3, -0.25) is 9.52 Å². The zero-order valence-corrected chi connectivity index (χ0v) is 20.5. The number of benzene rings is 2. The van der Waals surface area contributed by atoms with Crippen molar-refractivity contribution >= 4 is 27.3 Å². The lowest BCUT2D eigenvalue weighted by Crippen LogP contribution is -2.41. The van der Waals surface area contributed by atoms with E-state index in [2.05, 4.69) is 21.9 Å². The molecule has 1 amide bonds. The number of sulfonamides is 1. The fourth-order valence-electron chi connectivity index (χ4n) is 4.87. The van der Waals surface area contributed by atoms with Crippen LogP contribution < -0.4 is 14.9 Å². The van der Waals surface area contributed by atoms with Crippen LogP contribution in [-0.4, -0.2) is 33.5 Å². The van der Waals surface area contributed by atoms with Crippen LogP contribution in [0.2, 0.25) is 0 Å². The van der Waals surface area contributed by atoms with Gasteiger partial charge in [0, 0.05) is 24.7 Å². The van der Waals surface area contributed by atoms with Gasteiger partial charge in [0.1, 0.15) is 0 Å². The van der Waals surface area contributed by atoms with Gasteiger partial charge in [0.15, 0.2) is 0 Å². The Morgan fingerprint density at radius 2 is 1.64 bits per heavy atom. The van der Waals surface area contributed by atoms with E-state index in [0.29, 0.717) is 17.2 Å². The van der Waals surface area contributed by atoms with E-state index in [1.807, 2.05) is 19.1 Å². The summed E-state index contributed by atoms with van der Waals surface area (Å²) in [4.78, 5) is 15.5. The van der Waals surface area contributed by atoms with Crippen molar-refractivity contribution in [2.75, 3.05) is 22.7 Å². The third-order valence-electron chi connectivity index (χ3n) is 6.96. The molecule has 2 aliphatic rings. The second-order valence-electron chi connectivity index (χ2n) is 9.54. The highest BCUT2D eigenvalue weighted by Crippen LogP contribution is 2.32. The minimum Gasteiger partial charge on any atom is -0.370 e. The van der Waals surface area contributed by atoms with Crippen LogP contribution in [0.3, 0.4) is 0 Å². The molecule has 6 nitrogen and oxygen atoms in total. The molecule has 33 heavy (non-hydrogen) atoms. The maximum Gasteiger partial charge on any atom is 0.261 e. The minimum absolute atomic E-state index is 0.144. The number of aryl methyl sites for hydroxylation is 1. The van der Waals surface area contributed by atoms with E-state index in [4.69, 9.17) is 0 Å². The monoisotopic (exact) mass is 469 g/mol. The summed E-state index contributed by atoms with van der Waals surface area (Å²) in [6.07, 6.45) is 7.79. The van der Waals surface area contributed by atoms with Crippen LogP contribution in [-0.2, 0) is 10.0 Å². The van der Waals surface area contributed by atoms with Crippen LogP contribution >= 0.6 is 0 Å². The quantitative estimate of drug-likeness (QED) is 0.617. The second-order valence-corrected chi connectivity index (χ2v) is 11.2. The zero-order chi connectivity index (χ0) is 23.4. The lowest BCUT2D eigenvalue weighted by atomic mass is 9.86. The van der Waals surface area contributed by atoms with Crippen molar-refractivity contribution in [1.82, 2.24) is 5.32 Å². The molecule has 2 fully saturated rings. The smallest absolute Gasteiger partial charge is 0.261 e. The van der Waals surface area contributed by atoms with Gasteiger partial charge in [-0.15, -0.1) is 0 Å². The van der Waals surface area contributed by atoms with E-state index >= 15 is 0 Å². The number of amides is 1. The average Bonchev–Trinajstić information content (AvgIpc) is 2.81. The molecule has 0 unspecified atom stereocenters. The van der Waals surface area contributed by atoms with Crippen molar-refractivity contribution in [1.29, 1.82) is 0 Å². The van der Waals surface area contributed by atoms with Crippen molar-refractivity contribution in [3.05, 3.63) is 53.6 Å². The fourth-order valence-corrected chi connectivity index (χ4v) is 5.94. The van der Waals surface area contributed by atoms with Crippen LogP contribution in [0.5, 0.6) is 0 Å². The van der Waals surface area contributed by atoms with Crippen molar-refractivity contribution in [2.24, 2.45) is 5.92 Å². The first kappa shape index (κ1) is 23.6. The summed E-state index contributed by atoms with van der Waals surface area (Å²) in [6.45, 7) is 5.87. The molecule has 2 aromatic rings. The first-order valence-corrected chi connectivity index (χ1v) is 13.6. The minimum atomic E-state index is -3.78. The van der Waals surface area contributed by atoms with Crippen molar-refractivity contribution in [2.45, 2.75) is 69.7 Å². The molecule has 2 aromatic carbocycles. The van der Waals surface area contributed by atoms with Gasteiger partial charge in [0.2, 0.25) is 0 Å². The summed E-state index contributed by atoms with van der Waals surface area (Å²) in [5, 5.41) is 3.18. The Morgan fingerprint density at radius 3 is 2.33 bits per heavy atom. The van der Waals surface area contributed by atoms with Crippen LogP contribution in [0.25, 0.3) is 0 Å². The molecule has 0 radical (unpaired) electrons. The Kier molecular flexibility index (Phi) is 7.27. The number of carbonyl (C=O) groups is 1. The van der Waals surface area contributed by atoms with Gasteiger partial charge in [-0.2, -0.15) is 0 Å². The molecule has 2 N–H and O–H groups in total. The van der Waals surface area contributed by atoms with E-state index in [1.54, 1.807) is 30.3 Å². The van der Waals surface area contributed by atoms with E-state index in [0.717, 1.165) is 56.4 Å². The number of hydrogen-bond acceptors (Lipinski definition) is 4. The number of hydrogen-bond donors (Lipinski definition) is 2. The molecule has 2 atom stereocenters. The first-order chi connectivity index (χ1) is 15.8. The van der Waals surface area contributed by atoms with Gasteiger partial charge in [-0.25, -0.2) is 8.42 Å².